The van der Waals surface area contributed by atoms with Crippen LogP contribution < -0.4 is 10.1 Å². The molecule has 194 valence electrons. The van der Waals surface area contributed by atoms with Crippen LogP contribution in [-0.4, -0.2) is 77.6 Å². The number of carbonyl (C=O) groups excluding carboxylic acids is 3. The van der Waals surface area contributed by atoms with Gasteiger partial charge < -0.3 is 24.6 Å². The van der Waals surface area contributed by atoms with Gasteiger partial charge in [0.05, 0.1) is 18.6 Å². The van der Waals surface area contributed by atoms with E-state index in [4.69, 9.17) is 9.47 Å². The van der Waals surface area contributed by atoms with Crippen LogP contribution in [0.25, 0.3) is 0 Å². The minimum atomic E-state index is -3.00. The molecule has 10 heteroatoms. The van der Waals surface area contributed by atoms with E-state index < -0.39 is 42.5 Å². The molecule has 3 amide bonds. The average molecular weight is 496 g/mol. The highest BCUT2D eigenvalue weighted by atomic mass is 19.3. The van der Waals surface area contributed by atoms with Gasteiger partial charge in [-0.2, -0.15) is 0 Å². The normalized spacial score (nSPS) is 20.9. The Morgan fingerprint density at radius 1 is 1.23 bits per heavy atom. The number of ether oxygens (including phenoxy) is 2. The number of rotatable bonds is 8. The maximum Gasteiger partial charge on any atom is 0.407 e. The number of likely N-dealkylation sites (tertiary alicyclic amines) is 2. The van der Waals surface area contributed by atoms with Crippen molar-refractivity contribution in [2.45, 2.75) is 76.5 Å². The van der Waals surface area contributed by atoms with Crippen molar-refractivity contribution in [3.8, 4) is 5.75 Å². The molecule has 1 aromatic carbocycles. The molecule has 0 aliphatic carbocycles. The smallest absolute Gasteiger partial charge is 0.407 e. The van der Waals surface area contributed by atoms with E-state index in [-0.39, 0.29) is 31.3 Å². The minimum Gasteiger partial charge on any atom is -0.491 e. The van der Waals surface area contributed by atoms with Crippen molar-refractivity contribution in [1.82, 2.24) is 15.1 Å². The number of halogens is 2. The molecule has 0 unspecified atom stereocenters. The van der Waals surface area contributed by atoms with Crippen LogP contribution >= 0.6 is 0 Å². The summed E-state index contributed by atoms with van der Waals surface area (Å²) >= 11 is 0. The highest BCUT2D eigenvalue weighted by Gasteiger charge is 2.40. The number of nitrogens with zero attached hydrogens (tertiary/aromatic N) is 2. The zero-order chi connectivity index (χ0) is 25.6. The Morgan fingerprint density at radius 3 is 2.63 bits per heavy atom. The maximum atomic E-state index is 14.0. The summed E-state index contributed by atoms with van der Waals surface area (Å²) in [6.07, 6.45) is -0.0872. The minimum absolute atomic E-state index is 0.133. The number of alkyl halides is 2. The van der Waals surface area contributed by atoms with E-state index in [1.54, 1.807) is 25.7 Å². The molecule has 0 spiro atoms. The third-order valence-electron chi connectivity index (χ3n) is 5.95. The average Bonchev–Trinajstić information content (AvgIpc) is 3.23. The fourth-order valence-electron chi connectivity index (χ4n) is 4.34. The Kier molecular flexibility index (Phi) is 8.56. The van der Waals surface area contributed by atoms with Gasteiger partial charge in [0.25, 0.3) is 5.92 Å². The largest absolute Gasteiger partial charge is 0.491 e. The molecule has 35 heavy (non-hydrogen) atoms. The topological polar surface area (TPSA) is 88.2 Å². The highest BCUT2D eigenvalue weighted by Crippen LogP contribution is 2.28. The van der Waals surface area contributed by atoms with Gasteiger partial charge in [0.15, 0.2) is 0 Å². The second-order valence-electron chi connectivity index (χ2n) is 10.2. The van der Waals surface area contributed by atoms with Crippen molar-refractivity contribution in [3.05, 3.63) is 30.3 Å². The molecule has 8 nitrogen and oxygen atoms in total. The summed E-state index contributed by atoms with van der Waals surface area (Å²) in [5, 5.41) is 2.62. The predicted octanol–water partition coefficient (Wildman–Crippen LogP) is 3.60. The zero-order valence-corrected chi connectivity index (χ0v) is 20.6. The molecule has 2 aliphatic rings. The molecule has 0 saturated carbocycles. The van der Waals surface area contributed by atoms with Crippen molar-refractivity contribution in [2.24, 2.45) is 0 Å². The molecule has 2 atom stereocenters. The van der Waals surface area contributed by atoms with E-state index in [0.29, 0.717) is 18.9 Å². The van der Waals surface area contributed by atoms with Crippen molar-refractivity contribution >= 4 is 17.9 Å². The Balaban J connectivity index is 1.66. The lowest BCUT2D eigenvalue weighted by Gasteiger charge is -2.35. The number of amides is 3. The molecule has 0 bridgehead atoms. The molecule has 1 N–H and O–H groups in total. The number of hydrogen-bond acceptors (Lipinski definition) is 5. The fourth-order valence-corrected chi connectivity index (χ4v) is 4.34. The maximum absolute atomic E-state index is 14.0. The number of piperidine rings is 1. The molecule has 2 fully saturated rings. The van der Waals surface area contributed by atoms with E-state index in [2.05, 4.69) is 5.32 Å². The summed E-state index contributed by atoms with van der Waals surface area (Å²) < 4.78 is 39.0. The summed E-state index contributed by atoms with van der Waals surface area (Å²) in [5.74, 6) is -2.94. The van der Waals surface area contributed by atoms with Crippen LogP contribution in [-0.2, 0) is 14.3 Å². The Hall–Kier alpha value is -2.91. The predicted molar refractivity (Wildman–Crippen MR) is 125 cm³/mol. The molecule has 1 aromatic rings. The standard InChI is InChI=1S/C25H35F2N3O5/c1-24(2,3)35-23(33)28-18(15-29-17-25(26,27)12-11-21(29)31)14-22(32)30-13-7-8-19(30)16-34-20-9-5-4-6-10-20/h4-6,9-10,18-19H,7-8,11-17H2,1-3H3,(H,28,33)/t18-,19-/m0/s1. The fraction of sp³-hybridized carbons (Fsp3) is 0.640. The monoisotopic (exact) mass is 495 g/mol. The number of benzene rings is 1. The first kappa shape index (κ1) is 26.7. The molecular weight excluding hydrogens is 460 g/mol. The highest BCUT2D eigenvalue weighted by molar-refractivity contribution is 5.80. The summed E-state index contributed by atoms with van der Waals surface area (Å²) in [6, 6.07) is 8.30. The summed E-state index contributed by atoms with van der Waals surface area (Å²) in [7, 11) is 0. The molecular formula is C25H35F2N3O5. The van der Waals surface area contributed by atoms with Gasteiger partial charge in [-0.25, -0.2) is 13.6 Å². The van der Waals surface area contributed by atoms with Crippen molar-refractivity contribution in [2.75, 3.05) is 26.2 Å². The number of nitrogens with one attached hydrogen (secondary N) is 1. The van der Waals surface area contributed by atoms with E-state index in [9.17, 15) is 23.2 Å². The van der Waals surface area contributed by atoms with Crippen molar-refractivity contribution in [3.63, 3.8) is 0 Å². The van der Waals surface area contributed by atoms with Crippen LogP contribution in [0.15, 0.2) is 30.3 Å². The van der Waals surface area contributed by atoms with E-state index >= 15 is 0 Å². The van der Waals surface area contributed by atoms with Gasteiger partial charge in [-0.15, -0.1) is 0 Å². The number of para-hydroxylation sites is 1. The van der Waals surface area contributed by atoms with Crippen LogP contribution in [0.1, 0.15) is 52.9 Å². The van der Waals surface area contributed by atoms with E-state index in [1.807, 2.05) is 30.3 Å². The van der Waals surface area contributed by atoms with Crippen LogP contribution in [0.5, 0.6) is 5.75 Å². The van der Waals surface area contributed by atoms with Gasteiger partial charge in [0.2, 0.25) is 11.8 Å². The first-order valence-electron chi connectivity index (χ1n) is 12.0. The lowest BCUT2D eigenvalue weighted by Crippen LogP contribution is -2.54. The lowest BCUT2D eigenvalue weighted by atomic mass is 10.0. The second kappa shape index (κ2) is 11.2. The first-order chi connectivity index (χ1) is 16.4. The Bertz CT molecular complexity index is 891. The molecule has 0 radical (unpaired) electrons. The summed E-state index contributed by atoms with van der Waals surface area (Å²) in [4.78, 5) is 40.7. The van der Waals surface area contributed by atoms with Gasteiger partial charge in [0, 0.05) is 32.4 Å². The van der Waals surface area contributed by atoms with Crippen molar-refractivity contribution < 1.29 is 32.6 Å². The van der Waals surface area contributed by atoms with Crippen LogP contribution in [0.4, 0.5) is 13.6 Å². The van der Waals surface area contributed by atoms with E-state index in [1.165, 1.54) is 0 Å². The second-order valence-corrected chi connectivity index (χ2v) is 10.2. The quantitative estimate of drug-likeness (QED) is 0.596. The SMILES string of the molecule is CC(C)(C)OC(=O)N[C@@H](CC(=O)N1CCC[C@H]1COc1ccccc1)CN1CC(F)(F)CCC1=O. The number of hydrogen-bond donors (Lipinski definition) is 1. The van der Waals surface area contributed by atoms with Crippen LogP contribution in [0.3, 0.4) is 0 Å². The third-order valence-corrected chi connectivity index (χ3v) is 5.95. The number of alkyl carbamates (subject to hydrolysis) is 1. The van der Waals surface area contributed by atoms with E-state index in [0.717, 1.165) is 17.7 Å². The molecule has 3 rings (SSSR count). The third kappa shape index (κ3) is 8.36. The summed E-state index contributed by atoms with van der Waals surface area (Å²) in [6.45, 7) is 5.04. The molecule has 2 aliphatic heterocycles. The molecule has 0 aromatic heterocycles. The molecule has 2 saturated heterocycles. The van der Waals surface area contributed by atoms with Gasteiger partial charge in [-0.1, -0.05) is 18.2 Å². The lowest BCUT2D eigenvalue weighted by molar-refractivity contribution is -0.148. The Morgan fingerprint density at radius 2 is 1.94 bits per heavy atom. The van der Waals surface area contributed by atoms with Crippen LogP contribution in [0, 0.1) is 0 Å². The van der Waals surface area contributed by atoms with Gasteiger partial charge in [0.1, 0.15) is 18.0 Å². The number of carbonyl (C=O) groups is 3. The Labute approximate surface area is 204 Å². The zero-order valence-electron chi connectivity index (χ0n) is 20.6. The van der Waals surface area contributed by atoms with Gasteiger partial charge in [-0.3, -0.25) is 9.59 Å². The van der Waals surface area contributed by atoms with Crippen molar-refractivity contribution in [1.29, 1.82) is 0 Å². The molecule has 2 heterocycles. The summed E-state index contributed by atoms with van der Waals surface area (Å²) in [5.41, 5.74) is -0.776. The van der Waals surface area contributed by atoms with Gasteiger partial charge in [-0.05, 0) is 45.7 Å². The first-order valence-corrected chi connectivity index (χ1v) is 12.0. The van der Waals surface area contributed by atoms with Crippen LogP contribution in [0.2, 0.25) is 0 Å². The van der Waals surface area contributed by atoms with Gasteiger partial charge >= 0.3 is 6.09 Å².